The van der Waals surface area contributed by atoms with E-state index >= 15 is 0 Å². The van der Waals surface area contributed by atoms with E-state index in [2.05, 4.69) is 0 Å². The van der Waals surface area contributed by atoms with Crippen molar-refractivity contribution in [3.05, 3.63) is 0 Å². The molecule has 0 bridgehead atoms. The van der Waals surface area contributed by atoms with Gasteiger partial charge in [0.05, 0.1) is 0 Å². The molecule has 148 valence electrons. The number of rotatable bonds is 3. The van der Waals surface area contributed by atoms with Crippen molar-refractivity contribution in [1.29, 1.82) is 0 Å². The van der Waals surface area contributed by atoms with Gasteiger partial charge in [-0.1, -0.05) is 0 Å². The van der Waals surface area contributed by atoms with Gasteiger partial charge in [0.1, 0.15) is 5.97 Å². The van der Waals surface area contributed by atoms with Gasteiger partial charge in [0.15, 0.2) is 0 Å². The topological polar surface area (TPSA) is 43.4 Å². The van der Waals surface area contributed by atoms with Crippen molar-refractivity contribution in [2.75, 3.05) is 0 Å². The average Bonchev–Trinajstić information content (AvgIpc) is 2.34. The normalized spacial score (nSPS) is 26.7. The summed E-state index contributed by atoms with van der Waals surface area (Å²) in [6, 6.07) is -23.2. The van der Waals surface area contributed by atoms with Gasteiger partial charge in [-0.2, -0.15) is 61.5 Å². The molecule has 0 spiro atoms. The molecular formula is C8F14NNaO2. The zero-order chi connectivity index (χ0) is 20.7. The minimum atomic E-state index is -7.76. The van der Waals surface area contributed by atoms with Crippen LogP contribution in [-0.2, 0) is 4.79 Å². The van der Waals surface area contributed by atoms with Crippen LogP contribution in [0.25, 0.3) is 0 Å². The second-order valence-corrected chi connectivity index (χ2v) is 4.54. The van der Waals surface area contributed by atoms with Crippen LogP contribution in [0.15, 0.2) is 0 Å². The first-order valence-electron chi connectivity index (χ1n) is 5.22. The van der Waals surface area contributed by atoms with E-state index in [0.717, 1.165) is 0 Å². The molecule has 0 aliphatic carbocycles. The number of carboxylic acid groups (broad SMARTS) is 1. The van der Waals surface area contributed by atoms with E-state index in [0.29, 0.717) is 0 Å². The Hall–Kier alpha value is -0.550. The van der Waals surface area contributed by atoms with Crippen LogP contribution in [0.1, 0.15) is 0 Å². The Kier molecular flexibility index (Phi) is 5.85. The predicted octanol–water partition coefficient (Wildman–Crippen LogP) is -0.625. The number of hydrogen-bond acceptors (Lipinski definition) is 3. The third-order valence-corrected chi connectivity index (χ3v) is 3.02. The van der Waals surface area contributed by atoms with Crippen molar-refractivity contribution in [3.8, 4) is 0 Å². The molecule has 3 nitrogen and oxygen atoms in total. The van der Waals surface area contributed by atoms with Crippen LogP contribution in [-0.4, -0.2) is 52.7 Å². The molecule has 0 N–H and O–H groups in total. The predicted molar refractivity (Wildman–Crippen MR) is 41.5 cm³/mol. The fraction of sp³-hybridized carbons (Fsp3) is 0.875. The molecule has 18 heteroatoms. The number of carboxylic acids is 1. The first kappa shape index (κ1) is 25.4. The molecule has 0 aromatic rings. The molecule has 1 heterocycles. The molecule has 26 heavy (non-hydrogen) atoms. The Balaban J connectivity index is 0.00000625. The van der Waals surface area contributed by atoms with Crippen molar-refractivity contribution in [3.63, 3.8) is 0 Å². The number of halogens is 14. The zero-order valence-corrected chi connectivity index (χ0v) is 13.6. The van der Waals surface area contributed by atoms with Gasteiger partial charge in [-0.05, 0) is 0 Å². The maximum absolute atomic E-state index is 13.2. The SMILES string of the molecule is O=C([O-])C(F)(F)C(F)(F)N1C(F)(F)C(F)(F)C(F)(F)C(F)(F)C1(F)F.[Na+]. The van der Waals surface area contributed by atoms with Crippen LogP contribution in [0.4, 0.5) is 61.5 Å². The van der Waals surface area contributed by atoms with Crippen molar-refractivity contribution in [2.24, 2.45) is 0 Å². The van der Waals surface area contributed by atoms with E-state index in [9.17, 15) is 71.4 Å². The molecule has 1 fully saturated rings. The van der Waals surface area contributed by atoms with Gasteiger partial charge >= 0.3 is 71.4 Å². The summed E-state index contributed by atoms with van der Waals surface area (Å²) in [5.74, 6) is -34.8. The monoisotopic (exact) mass is 431 g/mol. The van der Waals surface area contributed by atoms with Gasteiger partial charge in [-0.15, -0.1) is 4.90 Å². The Morgan fingerprint density at radius 3 is 1.19 bits per heavy atom. The first-order valence-corrected chi connectivity index (χ1v) is 5.22. The largest absolute Gasteiger partial charge is 1.00 e. The number of alkyl halides is 14. The molecule has 0 saturated carbocycles. The quantitative estimate of drug-likeness (QED) is 0.340. The number of nitrogens with zero attached hydrogens (tertiary/aromatic N) is 1. The number of carbonyl (C=O) groups excluding carboxylic acids is 1. The number of aliphatic carboxylic acids is 1. The van der Waals surface area contributed by atoms with Gasteiger partial charge < -0.3 is 9.90 Å². The summed E-state index contributed by atoms with van der Waals surface area (Å²) in [5, 5.41) is 9.80. The molecule has 0 aromatic carbocycles. The average molecular weight is 431 g/mol. The second kappa shape index (κ2) is 5.97. The molecule has 0 radical (unpaired) electrons. The number of piperidine rings is 1. The summed E-state index contributed by atoms with van der Waals surface area (Å²) in [5.41, 5.74) is 0. The van der Waals surface area contributed by atoms with E-state index in [-0.39, 0.29) is 29.6 Å². The minimum Gasteiger partial charge on any atom is -0.544 e. The standard InChI is InChI=1S/C8HF14NO2.Na/c9-2(10,1(24)25)6(17,18)23-7(19,20)4(13,14)3(11,12)5(15,16)8(23,21)22;/h(H,24,25);/q;+1/p-1. The number of hydrogen-bond donors (Lipinski definition) is 0. The van der Waals surface area contributed by atoms with Crippen LogP contribution in [0, 0.1) is 0 Å². The maximum Gasteiger partial charge on any atom is 1.00 e. The van der Waals surface area contributed by atoms with Gasteiger partial charge in [0.2, 0.25) is 0 Å². The van der Waals surface area contributed by atoms with Crippen LogP contribution in [0.5, 0.6) is 0 Å². The molecular weight excluding hydrogens is 431 g/mol. The summed E-state index contributed by atoms with van der Waals surface area (Å²) in [6.07, 6.45) is 0. The molecule has 0 aromatic heterocycles. The van der Waals surface area contributed by atoms with Crippen molar-refractivity contribution >= 4 is 5.97 Å². The van der Waals surface area contributed by atoms with Crippen molar-refractivity contribution < 1.29 is 101 Å². The Bertz CT molecular complexity index is 559. The molecule has 1 rings (SSSR count). The fourth-order valence-corrected chi connectivity index (χ4v) is 1.65. The van der Waals surface area contributed by atoms with E-state index in [1.807, 2.05) is 0 Å². The first-order chi connectivity index (χ1) is 10.6. The fourth-order valence-electron chi connectivity index (χ4n) is 1.65. The van der Waals surface area contributed by atoms with Crippen LogP contribution in [0.3, 0.4) is 0 Å². The van der Waals surface area contributed by atoms with Crippen LogP contribution < -0.4 is 34.7 Å². The molecule has 1 aliphatic rings. The Morgan fingerprint density at radius 2 is 0.962 bits per heavy atom. The second-order valence-electron chi connectivity index (χ2n) is 4.54. The van der Waals surface area contributed by atoms with Crippen molar-refractivity contribution in [2.45, 2.75) is 41.8 Å². The third kappa shape index (κ3) is 2.52. The number of likely N-dealkylation sites (tertiary alicyclic amines) is 1. The molecule has 0 amide bonds. The van der Waals surface area contributed by atoms with E-state index < -0.39 is 52.7 Å². The summed E-state index contributed by atoms with van der Waals surface area (Å²) >= 11 is 0. The molecule has 0 unspecified atom stereocenters. The smallest absolute Gasteiger partial charge is 0.544 e. The van der Waals surface area contributed by atoms with Gasteiger partial charge in [0, 0.05) is 0 Å². The summed E-state index contributed by atoms with van der Waals surface area (Å²) in [6.45, 7) is 0. The molecule has 0 atom stereocenters. The van der Waals surface area contributed by atoms with Crippen LogP contribution in [0.2, 0.25) is 0 Å². The minimum absolute atomic E-state index is 0. The molecule has 1 aliphatic heterocycles. The van der Waals surface area contributed by atoms with Crippen LogP contribution >= 0.6 is 0 Å². The van der Waals surface area contributed by atoms with Gasteiger partial charge in [-0.25, -0.2) is 0 Å². The summed E-state index contributed by atoms with van der Waals surface area (Å²) in [7, 11) is 0. The van der Waals surface area contributed by atoms with E-state index in [4.69, 9.17) is 0 Å². The summed E-state index contributed by atoms with van der Waals surface area (Å²) < 4.78 is 181. The number of carbonyl (C=O) groups is 1. The molecule has 1 saturated heterocycles. The zero-order valence-electron chi connectivity index (χ0n) is 11.6. The van der Waals surface area contributed by atoms with Gasteiger partial charge in [0.25, 0.3) is 0 Å². The summed E-state index contributed by atoms with van der Waals surface area (Å²) in [4.78, 5) is 5.55. The third-order valence-electron chi connectivity index (χ3n) is 3.02. The van der Waals surface area contributed by atoms with E-state index in [1.165, 1.54) is 0 Å². The van der Waals surface area contributed by atoms with E-state index in [1.54, 1.807) is 0 Å². The van der Waals surface area contributed by atoms with Gasteiger partial charge in [-0.3, -0.25) is 0 Å². The van der Waals surface area contributed by atoms with Crippen molar-refractivity contribution in [1.82, 2.24) is 4.90 Å². The maximum atomic E-state index is 13.2. The Morgan fingerprint density at radius 1 is 0.692 bits per heavy atom. The Labute approximate surface area is 154 Å².